The first-order valence-corrected chi connectivity index (χ1v) is 6.40. The molecule has 0 saturated carbocycles. The minimum Gasteiger partial charge on any atom is -0.444 e. The highest BCUT2D eigenvalue weighted by atomic mass is 16.6. The normalized spacial score (nSPS) is 14.1. The second-order valence-electron chi connectivity index (χ2n) is 5.72. The summed E-state index contributed by atoms with van der Waals surface area (Å²) < 4.78 is 5.25. The minimum absolute atomic E-state index is 0.0600. The Morgan fingerprint density at radius 1 is 1.35 bits per heavy atom. The summed E-state index contributed by atoms with van der Waals surface area (Å²) in [5, 5.41) is 2.89. The minimum atomic E-state index is -0.444. The molecule has 0 rings (SSSR count). The van der Waals surface area contributed by atoms with Crippen molar-refractivity contribution in [2.24, 2.45) is 5.92 Å². The van der Waals surface area contributed by atoms with Crippen LogP contribution in [0.4, 0.5) is 4.79 Å². The van der Waals surface area contributed by atoms with Gasteiger partial charge in [-0.1, -0.05) is 32.9 Å². The number of ether oxygens (including phenoxy) is 1. The number of alkyl carbamates (subject to hydrolysis) is 1. The average molecular weight is 241 g/mol. The predicted molar refractivity (Wildman–Crippen MR) is 72.0 cm³/mol. The summed E-state index contributed by atoms with van der Waals surface area (Å²) in [6, 6.07) is 0.0600. The third-order valence-corrected chi connectivity index (χ3v) is 2.03. The number of rotatable bonds is 5. The molecule has 17 heavy (non-hydrogen) atoms. The van der Waals surface area contributed by atoms with E-state index in [0.717, 1.165) is 12.8 Å². The zero-order valence-electron chi connectivity index (χ0n) is 12.0. The number of hydrogen-bond acceptors (Lipinski definition) is 2. The molecule has 0 aromatic carbocycles. The molecule has 1 amide bonds. The van der Waals surface area contributed by atoms with Crippen LogP contribution < -0.4 is 5.32 Å². The maximum Gasteiger partial charge on any atom is 0.408 e. The Morgan fingerprint density at radius 2 is 1.94 bits per heavy atom. The number of nitrogens with one attached hydrogen (secondary N) is 1. The fourth-order valence-electron chi connectivity index (χ4n) is 1.45. The van der Waals surface area contributed by atoms with Crippen LogP contribution in [0.15, 0.2) is 12.2 Å². The van der Waals surface area contributed by atoms with Gasteiger partial charge in [0.1, 0.15) is 5.60 Å². The quantitative estimate of drug-likeness (QED) is 0.741. The highest BCUT2D eigenvalue weighted by Gasteiger charge is 2.18. The maximum absolute atomic E-state index is 11.6. The van der Waals surface area contributed by atoms with E-state index in [4.69, 9.17) is 4.74 Å². The molecule has 1 atom stereocenters. The fourth-order valence-corrected chi connectivity index (χ4v) is 1.45. The van der Waals surface area contributed by atoms with Crippen molar-refractivity contribution >= 4 is 6.09 Å². The van der Waals surface area contributed by atoms with E-state index >= 15 is 0 Å². The van der Waals surface area contributed by atoms with Crippen LogP contribution in [-0.4, -0.2) is 17.7 Å². The molecular formula is C14H27NO2. The smallest absolute Gasteiger partial charge is 0.408 e. The Balaban J connectivity index is 4.32. The topological polar surface area (TPSA) is 38.3 Å². The maximum atomic E-state index is 11.6. The van der Waals surface area contributed by atoms with Crippen LogP contribution in [0, 0.1) is 5.92 Å². The van der Waals surface area contributed by atoms with Gasteiger partial charge >= 0.3 is 6.09 Å². The van der Waals surface area contributed by atoms with Gasteiger partial charge in [-0.3, -0.25) is 0 Å². The largest absolute Gasteiger partial charge is 0.444 e. The molecule has 3 nitrogen and oxygen atoms in total. The van der Waals surface area contributed by atoms with Crippen molar-refractivity contribution in [1.82, 2.24) is 5.32 Å². The number of allylic oxidation sites excluding steroid dienone is 1. The Kier molecular flexibility index (Phi) is 6.93. The van der Waals surface area contributed by atoms with Crippen molar-refractivity contribution in [1.29, 1.82) is 0 Å². The summed E-state index contributed by atoms with van der Waals surface area (Å²) in [6.07, 6.45) is 5.68. The van der Waals surface area contributed by atoms with Crippen LogP contribution in [0.2, 0.25) is 0 Å². The summed E-state index contributed by atoms with van der Waals surface area (Å²) in [7, 11) is 0. The summed E-state index contributed by atoms with van der Waals surface area (Å²) in [4.78, 5) is 11.6. The predicted octanol–water partition coefficient (Wildman–Crippen LogP) is 3.89. The lowest BCUT2D eigenvalue weighted by atomic mass is 10.0. The molecule has 0 aliphatic rings. The summed E-state index contributed by atoms with van der Waals surface area (Å²) in [5.74, 6) is 0.538. The molecule has 0 aromatic heterocycles. The molecule has 100 valence electrons. The van der Waals surface area contributed by atoms with E-state index in [9.17, 15) is 4.79 Å². The number of carbonyl (C=O) groups is 1. The van der Waals surface area contributed by atoms with Crippen molar-refractivity contribution in [3.8, 4) is 0 Å². The lowest BCUT2D eigenvalue weighted by Gasteiger charge is -2.23. The Labute approximate surface area is 106 Å². The molecule has 0 aliphatic carbocycles. The van der Waals surface area contributed by atoms with Gasteiger partial charge in [0.15, 0.2) is 0 Å². The van der Waals surface area contributed by atoms with Gasteiger partial charge in [-0.15, -0.1) is 0 Å². The van der Waals surface area contributed by atoms with Crippen molar-refractivity contribution < 1.29 is 9.53 Å². The third-order valence-electron chi connectivity index (χ3n) is 2.03. The zero-order valence-corrected chi connectivity index (χ0v) is 12.0. The van der Waals surface area contributed by atoms with Crippen LogP contribution in [0.5, 0.6) is 0 Å². The first-order chi connectivity index (χ1) is 7.74. The van der Waals surface area contributed by atoms with Gasteiger partial charge in [0.2, 0.25) is 0 Å². The molecule has 0 fully saturated rings. The molecule has 0 heterocycles. The van der Waals surface area contributed by atoms with Crippen LogP contribution in [0.25, 0.3) is 0 Å². The summed E-state index contributed by atoms with van der Waals surface area (Å²) >= 11 is 0. The monoisotopic (exact) mass is 241 g/mol. The summed E-state index contributed by atoms with van der Waals surface area (Å²) in [6.45, 7) is 12.0. The average Bonchev–Trinajstić information content (AvgIpc) is 2.09. The van der Waals surface area contributed by atoms with Crippen LogP contribution in [0.1, 0.15) is 54.4 Å². The lowest BCUT2D eigenvalue weighted by Crippen LogP contribution is -2.38. The molecule has 0 unspecified atom stereocenters. The SMILES string of the molecule is CC/C=C/[C@H](CC(C)C)NC(=O)OC(C)(C)C. The van der Waals surface area contributed by atoms with Crippen LogP contribution in [-0.2, 0) is 4.74 Å². The Bertz CT molecular complexity index is 251. The van der Waals surface area contributed by atoms with Gasteiger partial charge in [-0.05, 0) is 39.5 Å². The number of carbonyl (C=O) groups excluding carboxylic acids is 1. The standard InChI is InChI=1S/C14H27NO2/c1-7-8-9-12(10-11(2)3)15-13(16)17-14(4,5)6/h8-9,11-12H,7,10H2,1-6H3,(H,15,16)/b9-8+/t12-/m1/s1. The molecule has 0 aromatic rings. The molecular weight excluding hydrogens is 214 g/mol. The number of amides is 1. The first-order valence-electron chi connectivity index (χ1n) is 6.40. The van der Waals surface area contributed by atoms with Crippen molar-refractivity contribution in [2.75, 3.05) is 0 Å². The first kappa shape index (κ1) is 16.0. The third kappa shape index (κ3) is 9.91. The molecule has 3 heteroatoms. The highest BCUT2D eigenvalue weighted by Crippen LogP contribution is 2.10. The van der Waals surface area contributed by atoms with Gasteiger partial charge < -0.3 is 10.1 Å². The van der Waals surface area contributed by atoms with E-state index in [2.05, 4.69) is 32.2 Å². The van der Waals surface area contributed by atoms with Crippen LogP contribution >= 0.6 is 0 Å². The van der Waals surface area contributed by atoms with E-state index in [-0.39, 0.29) is 12.1 Å². The van der Waals surface area contributed by atoms with Crippen molar-refractivity contribution in [3.63, 3.8) is 0 Å². The summed E-state index contributed by atoms with van der Waals surface area (Å²) in [5.41, 5.74) is -0.444. The fraction of sp³-hybridized carbons (Fsp3) is 0.786. The van der Waals surface area contributed by atoms with E-state index in [1.165, 1.54) is 0 Å². The van der Waals surface area contributed by atoms with E-state index in [0.29, 0.717) is 5.92 Å². The second-order valence-corrected chi connectivity index (χ2v) is 5.72. The van der Waals surface area contributed by atoms with E-state index in [1.54, 1.807) is 0 Å². The lowest BCUT2D eigenvalue weighted by molar-refractivity contribution is 0.0510. The second kappa shape index (κ2) is 7.36. The van der Waals surface area contributed by atoms with Crippen molar-refractivity contribution in [2.45, 2.75) is 66.0 Å². The Hall–Kier alpha value is -0.990. The van der Waals surface area contributed by atoms with Gasteiger partial charge in [-0.2, -0.15) is 0 Å². The zero-order chi connectivity index (χ0) is 13.5. The van der Waals surface area contributed by atoms with Gasteiger partial charge in [0.25, 0.3) is 0 Å². The van der Waals surface area contributed by atoms with Crippen LogP contribution in [0.3, 0.4) is 0 Å². The molecule has 0 radical (unpaired) electrons. The number of hydrogen-bond donors (Lipinski definition) is 1. The van der Waals surface area contributed by atoms with Gasteiger partial charge in [0, 0.05) is 0 Å². The van der Waals surface area contributed by atoms with Crippen molar-refractivity contribution in [3.05, 3.63) is 12.2 Å². The molecule has 0 aliphatic heterocycles. The highest BCUT2D eigenvalue weighted by molar-refractivity contribution is 5.68. The van der Waals surface area contributed by atoms with E-state index < -0.39 is 5.60 Å². The molecule has 1 N–H and O–H groups in total. The molecule has 0 bridgehead atoms. The molecule has 0 saturated heterocycles. The Morgan fingerprint density at radius 3 is 2.35 bits per heavy atom. The van der Waals surface area contributed by atoms with Gasteiger partial charge in [-0.25, -0.2) is 4.79 Å². The molecule has 0 spiro atoms. The van der Waals surface area contributed by atoms with E-state index in [1.807, 2.05) is 26.8 Å². The van der Waals surface area contributed by atoms with Gasteiger partial charge in [0.05, 0.1) is 6.04 Å².